The number of halogens is 1. The molecule has 0 aromatic heterocycles. The molecule has 1 aliphatic carbocycles. The zero-order valence-corrected chi connectivity index (χ0v) is 19.0. The molecule has 2 aromatic carbocycles. The number of hydrogen-bond acceptors (Lipinski definition) is 5. The third kappa shape index (κ3) is 3.73. The van der Waals surface area contributed by atoms with Gasteiger partial charge in [0.1, 0.15) is 11.9 Å². The molecule has 1 unspecified atom stereocenters. The quantitative estimate of drug-likeness (QED) is 0.679. The highest BCUT2D eigenvalue weighted by Gasteiger charge is 2.33. The average Bonchev–Trinajstić information content (AvgIpc) is 3.43. The second kappa shape index (κ2) is 8.37. The molecule has 5 rings (SSSR count). The molecule has 1 atom stereocenters. The van der Waals surface area contributed by atoms with Gasteiger partial charge in [-0.15, -0.1) is 0 Å². The molecule has 6 nitrogen and oxygen atoms in total. The van der Waals surface area contributed by atoms with E-state index >= 15 is 0 Å². The number of hydrazine groups is 1. The van der Waals surface area contributed by atoms with Crippen LogP contribution in [0.5, 0.6) is 0 Å². The molecule has 0 spiro atoms. The fraction of sp³-hybridized carbons (Fsp3) is 0.480. The molecular weight excluding hydrogens is 405 g/mol. The summed E-state index contributed by atoms with van der Waals surface area (Å²) >= 11 is 0. The number of carbonyl (C=O) groups excluding carboxylic acids is 1. The molecule has 3 aliphatic rings. The molecule has 2 aromatic rings. The van der Waals surface area contributed by atoms with Crippen LogP contribution in [0.3, 0.4) is 0 Å². The summed E-state index contributed by atoms with van der Waals surface area (Å²) in [4.78, 5) is 15.4. The van der Waals surface area contributed by atoms with Crippen molar-refractivity contribution in [3.63, 3.8) is 0 Å². The molecule has 3 N–H and O–H groups in total. The van der Waals surface area contributed by atoms with Crippen LogP contribution in [0.4, 0.5) is 21.5 Å². The van der Waals surface area contributed by atoms with E-state index in [9.17, 15) is 9.18 Å². The van der Waals surface area contributed by atoms with Crippen LogP contribution in [0, 0.1) is 12.7 Å². The summed E-state index contributed by atoms with van der Waals surface area (Å²) in [7, 11) is 4.33. The van der Waals surface area contributed by atoms with Gasteiger partial charge in [-0.25, -0.2) is 9.82 Å². The Bertz CT molecular complexity index is 1000. The Labute approximate surface area is 189 Å². The van der Waals surface area contributed by atoms with Gasteiger partial charge >= 0.3 is 0 Å². The standard InChI is InChI=1S/C25H32FN5O/c1-15-7-12-20(26)18-13-22(28-24(15)18)25(32)29-21-5-4-6-23-19(21)14-27-31(23)17-10-8-16(9-11-17)30(2)3/h4-7,12,16-17,22,27-28H,8-11,13-14H2,1-3H3,(H,29,32). The Kier molecular flexibility index (Phi) is 5.55. The number of benzene rings is 2. The van der Waals surface area contributed by atoms with Crippen LogP contribution < -0.4 is 21.1 Å². The van der Waals surface area contributed by atoms with Crippen LogP contribution in [-0.2, 0) is 17.8 Å². The van der Waals surface area contributed by atoms with Crippen LogP contribution in [0.1, 0.15) is 42.4 Å². The topological polar surface area (TPSA) is 59.6 Å². The first-order valence-electron chi connectivity index (χ1n) is 11.6. The van der Waals surface area contributed by atoms with Crippen LogP contribution in [0.2, 0.25) is 0 Å². The van der Waals surface area contributed by atoms with Crippen molar-refractivity contribution in [3.05, 3.63) is 52.8 Å². The van der Waals surface area contributed by atoms with Gasteiger partial charge in [0, 0.05) is 47.6 Å². The fourth-order valence-electron chi connectivity index (χ4n) is 5.46. The Morgan fingerprint density at radius 1 is 1.12 bits per heavy atom. The van der Waals surface area contributed by atoms with Crippen LogP contribution in [0.25, 0.3) is 0 Å². The molecule has 0 bridgehead atoms. The molecule has 2 aliphatic heterocycles. The van der Waals surface area contributed by atoms with Crippen molar-refractivity contribution >= 4 is 23.0 Å². The average molecular weight is 438 g/mol. The van der Waals surface area contributed by atoms with E-state index in [4.69, 9.17) is 0 Å². The first-order chi connectivity index (χ1) is 15.4. The first-order valence-corrected chi connectivity index (χ1v) is 11.6. The van der Waals surface area contributed by atoms with Crippen molar-refractivity contribution in [2.75, 3.05) is 29.7 Å². The number of anilines is 3. The number of nitrogens with zero attached hydrogens (tertiary/aromatic N) is 2. The first kappa shape index (κ1) is 21.2. The lowest BCUT2D eigenvalue weighted by atomic mass is 9.90. The largest absolute Gasteiger partial charge is 0.373 e. The Morgan fingerprint density at radius 3 is 2.62 bits per heavy atom. The van der Waals surface area contributed by atoms with E-state index < -0.39 is 6.04 Å². The monoisotopic (exact) mass is 437 g/mol. The van der Waals surface area contributed by atoms with Crippen molar-refractivity contribution in [2.45, 2.75) is 63.7 Å². The fourth-order valence-corrected chi connectivity index (χ4v) is 5.46. The summed E-state index contributed by atoms with van der Waals surface area (Å²) in [6.07, 6.45) is 5.07. The van der Waals surface area contributed by atoms with E-state index in [-0.39, 0.29) is 11.7 Å². The third-order valence-corrected chi connectivity index (χ3v) is 7.36. The molecule has 32 heavy (non-hydrogen) atoms. The van der Waals surface area contributed by atoms with Gasteiger partial charge in [-0.2, -0.15) is 0 Å². The van der Waals surface area contributed by atoms with E-state index in [0.29, 0.717) is 30.6 Å². The lowest BCUT2D eigenvalue weighted by Crippen LogP contribution is -2.46. The van der Waals surface area contributed by atoms with E-state index in [1.54, 1.807) is 6.07 Å². The number of fused-ring (bicyclic) bond motifs is 2. The molecule has 1 fully saturated rings. The number of hydrogen-bond donors (Lipinski definition) is 3. The van der Waals surface area contributed by atoms with Crippen LogP contribution in [-0.4, -0.2) is 43.0 Å². The minimum Gasteiger partial charge on any atom is -0.373 e. The van der Waals surface area contributed by atoms with Crippen LogP contribution >= 0.6 is 0 Å². The molecule has 0 radical (unpaired) electrons. The lowest BCUT2D eigenvalue weighted by Gasteiger charge is -2.38. The summed E-state index contributed by atoms with van der Waals surface area (Å²) in [5.74, 6) is -0.379. The molecule has 1 amide bonds. The maximum atomic E-state index is 14.2. The minimum absolute atomic E-state index is 0.127. The number of amides is 1. The highest BCUT2D eigenvalue weighted by Crippen LogP contribution is 2.37. The Hall–Kier alpha value is -2.64. The minimum atomic E-state index is -0.469. The van der Waals surface area contributed by atoms with Crippen LogP contribution in [0.15, 0.2) is 30.3 Å². The predicted octanol–water partition coefficient (Wildman–Crippen LogP) is 3.81. The van der Waals surface area contributed by atoms with E-state index in [1.807, 2.05) is 19.1 Å². The van der Waals surface area contributed by atoms with Crippen molar-refractivity contribution < 1.29 is 9.18 Å². The molecular formula is C25H32FN5O. The normalized spacial score (nSPS) is 24.3. The SMILES string of the molecule is Cc1ccc(F)c2c1NC(C(=O)Nc1cccc3c1CNN3C1CCC(N(C)C)CC1)C2. The predicted molar refractivity (Wildman–Crippen MR) is 126 cm³/mol. The van der Waals surface area contributed by atoms with Crippen molar-refractivity contribution in [2.24, 2.45) is 0 Å². The number of rotatable bonds is 4. The number of aryl methyl sites for hydroxylation is 1. The molecule has 1 saturated carbocycles. The zero-order valence-electron chi connectivity index (χ0n) is 19.0. The highest BCUT2D eigenvalue weighted by atomic mass is 19.1. The zero-order chi connectivity index (χ0) is 22.4. The highest BCUT2D eigenvalue weighted by molar-refractivity contribution is 5.99. The van der Waals surface area contributed by atoms with E-state index in [0.717, 1.165) is 41.0 Å². The maximum absolute atomic E-state index is 14.2. The Morgan fingerprint density at radius 2 is 1.91 bits per heavy atom. The van der Waals surface area contributed by atoms with Gasteiger partial charge in [0.15, 0.2) is 0 Å². The van der Waals surface area contributed by atoms with E-state index in [1.165, 1.54) is 18.9 Å². The number of carbonyl (C=O) groups is 1. The van der Waals surface area contributed by atoms with Gasteiger partial charge in [-0.1, -0.05) is 12.1 Å². The molecule has 2 heterocycles. The lowest BCUT2D eigenvalue weighted by molar-refractivity contribution is -0.116. The summed E-state index contributed by atoms with van der Waals surface area (Å²) in [5.41, 5.74) is 8.97. The van der Waals surface area contributed by atoms with Gasteiger partial charge in [0.2, 0.25) is 5.91 Å². The van der Waals surface area contributed by atoms with Gasteiger partial charge in [-0.05, 0) is 70.5 Å². The summed E-state index contributed by atoms with van der Waals surface area (Å²) < 4.78 is 14.2. The number of nitrogens with one attached hydrogen (secondary N) is 3. The smallest absolute Gasteiger partial charge is 0.247 e. The molecule has 170 valence electrons. The van der Waals surface area contributed by atoms with Gasteiger partial charge < -0.3 is 20.5 Å². The molecule has 7 heteroatoms. The second-order valence-corrected chi connectivity index (χ2v) is 9.54. The maximum Gasteiger partial charge on any atom is 0.247 e. The van der Waals surface area contributed by atoms with E-state index in [2.05, 4.69) is 46.1 Å². The van der Waals surface area contributed by atoms with Gasteiger partial charge in [0.05, 0.1) is 5.69 Å². The van der Waals surface area contributed by atoms with Gasteiger partial charge in [0.25, 0.3) is 0 Å². The van der Waals surface area contributed by atoms with Gasteiger partial charge in [-0.3, -0.25) is 4.79 Å². The second-order valence-electron chi connectivity index (χ2n) is 9.54. The summed E-state index contributed by atoms with van der Waals surface area (Å²) in [6, 6.07) is 9.98. The summed E-state index contributed by atoms with van der Waals surface area (Å²) in [6.45, 7) is 2.63. The Balaban J connectivity index is 1.28. The van der Waals surface area contributed by atoms with Crippen molar-refractivity contribution in [1.29, 1.82) is 0 Å². The summed E-state index contributed by atoms with van der Waals surface area (Å²) in [5, 5.41) is 8.63. The van der Waals surface area contributed by atoms with Crippen molar-refractivity contribution in [1.82, 2.24) is 10.3 Å². The third-order valence-electron chi connectivity index (χ3n) is 7.36. The molecule has 0 saturated heterocycles. The van der Waals surface area contributed by atoms with Crippen molar-refractivity contribution in [3.8, 4) is 0 Å².